The number of carbonyl (C=O) groups excluding carboxylic acids is 1. The first-order valence-electron chi connectivity index (χ1n) is 5.39. The van der Waals surface area contributed by atoms with Crippen LogP contribution in [0.2, 0.25) is 0 Å². The number of rotatable bonds is 3. The van der Waals surface area contributed by atoms with Crippen LogP contribution in [0.15, 0.2) is 40.9 Å². The van der Waals surface area contributed by atoms with Gasteiger partial charge in [-0.25, -0.2) is 0 Å². The van der Waals surface area contributed by atoms with Crippen molar-refractivity contribution < 1.29 is 9.32 Å². The van der Waals surface area contributed by atoms with Gasteiger partial charge in [0, 0.05) is 18.7 Å². The average Bonchev–Trinajstić information content (AvgIpc) is 2.75. The summed E-state index contributed by atoms with van der Waals surface area (Å²) in [5.74, 6) is 0.729. The summed E-state index contributed by atoms with van der Waals surface area (Å²) in [6.07, 6.45) is 0. The number of nitrogens with zero attached hydrogens (tertiary/aromatic N) is 2. The summed E-state index contributed by atoms with van der Waals surface area (Å²) >= 11 is 0. The molecule has 4 heteroatoms. The summed E-state index contributed by atoms with van der Waals surface area (Å²) in [5, 5.41) is 3.86. The van der Waals surface area contributed by atoms with Gasteiger partial charge in [0.15, 0.2) is 0 Å². The van der Waals surface area contributed by atoms with Crippen molar-refractivity contribution >= 4 is 5.91 Å². The van der Waals surface area contributed by atoms with Crippen LogP contribution >= 0.6 is 0 Å². The first-order valence-corrected chi connectivity index (χ1v) is 5.39. The van der Waals surface area contributed by atoms with Gasteiger partial charge in [-0.15, -0.1) is 0 Å². The monoisotopic (exact) mass is 230 g/mol. The molecule has 0 aliphatic heterocycles. The quantitative estimate of drug-likeness (QED) is 0.812. The predicted molar refractivity (Wildman–Crippen MR) is 63.5 cm³/mol. The molecule has 0 atom stereocenters. The first kappa shape index (κ1) is 11.4. The molecular weight excluding hydrogens is 216 g/mol. The number of carbonyl (C=O) groups is 1. The molecule has 0 aliphatic rings. The zero-order chi connectivity index (χ0) is 12.3. The number of hydrogen-bond acceptors (Lipinski definition) is 3. The molecule has 88 valence electrons. The SMILES string of the molecule is Cc1cc(CN(C)C(=O)c2ccccc2)no1. The molecule has 0 fully saturated rings. The number of amides is 1. The highest BCUT2D eigenvalue weighted by atomic mass is 16.5. The van der Waals surface area contributed by atoms with E-state index in [1.54, 1.807) is 24.1 Å². The Bertz CT molecular complexity index is 505. The Morgan fingerprint density at radius 3 is 2.65 bits per heavy atom. The molecular formula is C13H14N2O2. The van der Waals surface area contributed by atoms with Gasteiger partial charge in [-0.05, 0) is 19.1 Å². The van der Waals surface area contributed by atoms with E-state index in [0.717, 1.165) is 11.5 Å². The van der Waals surface area contributed by atoms with E-state index >= 15 is 0 Å². The smallest absolute Gasteiger partial charge is 0.253 e. The van der Waals surface area contributed by atoms with E-state index in [1.807, 2.05) is 31.2 Å². The second-order valence-corrected chi connectivity index (χ2v) is 3.96. The van der Waals surface area contributed by atoms with E-state index in [0.29, 0.717) is 12.1 Å². The molecule has 1 heterocycles. The summed E-state index contributed by atoms with van der Waals surface area (Å²) in [6, 6.07) is 11.0. The molecule has 0 saturated carbocycles. The Labute approximate surface area is 99.8 Å². The zero-order valence-electron chi connectivity index (χ0n) is 9.88. The maximum absolute atomic E-state index is 12.0. The highest BCUT2D eigenvalue weighted by molar-refractivity contribution is 5.93. The van der Waals surface area contributed by atoms with Crippen LogP contribution in [0.1, 0.15) is 21.8 Å². The zero-order valence-corrected chi connectivity index (χ0v) is 9.88. The van der Waals surface area contributed by atoms with Gasteiger partial charge < -0.3 is 9.42 Å². The van der Waals surface area contributed by atoms with Gasteiger partial charge in [-0.2, -0.15) is 0 Å². The number of hydrogen-bond donors (Lipinski definition) is 0. The van der Waals surface area contributed by atoms with Crippen LogP contribution in [-0.4, -0.2) is 23.0 Å². The van der Waals surface area contributed by atoms with Crippen LogP contribution < -0.4 is 0 Å². The fourth-order valence-corrected chi connectivity index (χ4v) is 1.61. The molecule has 0 radical (unpaired) electrons. The van der Waals surface area contributed by atoms with Crippen molar-refractivity contribution in [2.45, 2.75) is 13.5 Å². The minimum absolute atomic E-state index is 0.0220. The summed E-state index contributed by atoms with van der Waals surface area (Å²) in [7, 11) is 1.75. The van der Waals surface area contributed by atoms with Gasteiger partial charge in [0.05, 0.1) is 6.54 Å². The molecule has 4 nitrogen and oxygen atoms in total. The normalized spacial score (nSPS) is 10.2. The topological polar surface area (TPSA) is 46.3 Å². The van der Waals surface area contributed by atoms with E-state index < -0.39 is 0 Å². The Hall–Kier alpha value is -2.10. The highest BCUT2D eigenvalue weighted by Gasteiger charge is 2.12. The van der Waals surface area contributed by atoms with Crippen LogP contribution in [0, 0.1) is 6.92 Å². The van der Waals surface area contributed by atoms with E-state index in [9.17, 15) is 4.79 Å². The molecule has 1 aromatic carbocycles. The maximum atomic E-state index is 12.0. The molecule has 0 spiro atoms. The Morgan fingerprint density at radius 1 is 1.35 bits per heavy atom. The van der Waals surface area contributed by atoms with Crippen molar-refractivity contribution in [2.75, 3.05) is 7.05 Å². The molecule has 0 N–H and O–H groups in total. The Balaban J connectivity index is 2.06. The lowest BCUT2D eigenvalue weighted by Crippen LogP contribution is -2.26. The lowest BCUT2D eigenvalue weighted by molar-refractivity contribution is 0.0782. The standard InChI is InChI=1S/C13H14N2O2/c1-10-8-12(14-17-10)9-15(2)13(16)11-6-4-3-5-7-11/h3-8H,9H2,1-2H3. The molecule has 0 unspecified atom stereocenters. The molecule has 2 rings (SSSR count). The van der Waals surface area contributed by atoms with Gasteiger partial charge in [0.2, 0.25) is 0 Å². The third-order valence-electron chi connectivity index (χ3n) is 2.44. The summed E-state index contributed by atoms with van der Waals surface area (Å²) < 4.78 is 4.96. The second-order valence-electron chi connectivity index (χ2n) is 3.96. The van der Waals surface area contributed by atoms with Crippen molar-refractivity contribution in [3.63, 3.8) is 0 Å². The number of aryl methyl sites for hydroxylation is 1. The van der Waals surface area contributed by atoms with Crippen molar-refractivity contribution in [1.29, 1.82) is 0 Å². The molecule has 0 saturated heterocycles. The van der Waals surface area contributed by atoms with Gasteiger partial charge in [0.25, 0.3) is 5.91 Å². The van der Waals surface area contributed by atoms with Gasteiger partial charge in [-0.3, -0.25) is 4.79 Å². The highest BCUT2D eigenvalue weighted by Crippen LogP contribution is 2.08. The van der Waals surface area contributed by atoms with Crippen LogP contribution in [-0.2, 0) is 6.54 Å². The Kier molecular flexibility index (Phi) is 3.23. The molecule has 1 aromatic heterocycles. The second kappa shape index (κ2) is 4.82. The maximum Gasteiger partial charge on any atom is 0.253 e. The van der Waals surface area contributed by atoms with E-state index in [1.165, 1.54) is 0 Å². The van der Waals surface area contributed by atoms with Crippen molar-refractivity contribution in [3.8, 4) is 0 Å². The van der Waals surface area contributed by atoms with Crippen LogP contribution in [0.4, 0.5) is 0 Å². The third-order valence-corrected chi connectivity index (χ3v) is 2.44. The van der Waals surface area contributed by atoms with E-state index in [4.69, 9.17) is 4.52 Å². The van der Waals surface area contributed by atoms with Crippen molar-refractivity contribution in [2.24, 2.45) is 0 Å². The fraction of sp³-hybridized carbons (Fsp3) is 0.231. The van der Waals surface area contributed by atoms with Gasteiger partial charge in [0.1, 0.15) is 11.5 Å². The fourth-order valence-electron chi connectivity index (χ4n) is 1.61. The van der Waals surface area contributed by atoms with Gasteiger partial charge >= 0.3 is 0 Å². The minimum atomic E-state index is -0.0220. The van der Waals surface area contributed by atoms with Gasteiger partial charge in [-0.1, -0.05) is 23.4 Å². The molecule has 1 amide bonds. The van der Waals surface area contributed by atoms with Crippen LogP contribution in [0.3, 0.4) is 0 Å². The van der Waals surface area contributed by atoms with Crippen molar-refractivity contribution in [1.82, 2.24) is 10.1 Å². The number of aromatic nitrogens is 1. The lowest BCUT2D eigenvalue weighted by Gasteiger charge is -2.15. The van der Waals surface area contributed by atoms with E-state index in [-0.39, 0.29) is 5.91 Å². The van der Waals surface area contributed by atoms with E-state index in [2.05, 4.69) is 5.16 Å². The molecule has 2 aromatic rings. The van der Waals surface area contributed by atoms with Crippen molar-refractivity contribution in [3.05, 3.63) is 53.4 Å². The summed E-state index contributed by atoms with van der Waals surface area (Å²) in [5.41, 5.74) is 1.43. The number of benzene rings is 1. The average molecular weight is 230 g/mol. The van der Waals surface area contributed by atoms with Crippen LogP contribution in [0.25, 0.3) is 0 Å². The summed E-state index contributed by atoms with van der Waals surface area (Å²) in [6.45, 7) is 2.28. The third kappa shape index (κ3) is 2.72. The molecule has 0 aliphatic carbocycles. The summed E-state index contributed by atoms with van der Waals surface area (Å²) in [4.78, 5) is 13.6. The lowest BCUT2D eigenvalue weighted by atomic mass is 10.2. The Morgan fingerprint density at radius 2 is 2.06 bits per heavy atom. The molecule has 17 heavy (non-hydrogen) atoms. The van der Waals surface area contributed by atoms with Crippen LogP contribution in [0.5, 0.6) is 0 Å². The largest absolute Gasteiger partial charge is 0.361 e. The minimum Gasteiger partial charge on any atom is -0.361 e. The molecule has 0 bridgehead atoms. The first-order chi connectivity index (χ1) is 8.16. The predicted octanol–water partition coefficient (Wildman–Crippen LogP) is 2.26.